The quantitative estimate of drug-likeness (QED) is 0.324. The van der Waals surface area contributed by atoms with E-state index >= 15 is 0 Å². The Morgan fingerprint density at radius 1 is 1.02 bits per heavy atom. The van der Waals surface area contributed by atoms with Crippen molar-refractivity contribution in [2.24, 2.45) is 11.8 Å². The maximum absolute atomic E-state index is 13.6. The maximum Gasteiger partial charge on any atom is 0.294 e. The molecule has 1 fully saturated rings. The second-order valence-corrected chi connectivity index (χ2v) is 10.9. The van der Waals surface area contributed by atoms with Crippen LogP contribution in [0, 0.1) is 11.8 Å². The van der Waals surface area contributed by atoms with E-state index in [1.807, 2.05) is 6.92 Å². The zero-order valence-electron chi connectivity index (χ0n) is 24.2. The van der Waals surface area contributed by atoms with Gasteiger partial charge in [-0.25, -0.2) is 4.98 Å². The van der Waals surface area contributed by atoms with Crippen molar-refractivity contribution < 1.29 is 28.3 Å². The zero-order valence-corrected chi connectivity index (χ0v) is 25.0. The summed E-state index contributed by atoms with van der Waals surface area (Å²) in [4.78, 5) is 60.1. The summed E-state index contributed by atoms with van der Waals surface area (Å²) in [7, 11) is 5.11. The number of hydrogen-bond donors (Lipinski definition) is 2. The summed E-state index contributed by atoms with van der Waals surface area (Å²) in [5, 5.41) is 6.30. The Balaban J connectivity index is 1.67. The highest BCUT2D eigenvalue weighted by molar-refractivity contribution is 6.30. The largest absolute Gasteiger partial charge is 0.449 e. The van der Waals surface area contributed by atoms with Crippen molar-refractivity contribution in [1.82, 2.24) is 14.8 Å². The molecular formula is C30H36ClN5O6. The molecule has 0 radical (unpaired) electrons. The normalized spacial score (nSPS) is 16.6. The second-order valence-electron chi connectivity index (χ2n) is 10.5. The summed E-state index contributed by atoms with van der Waals surface area (Å²) >= 11 is 5.92. The van der Waals surface area contributed by atoms with Gasteiger partial charge < -0.3 is 29.6 Å². The van der Waals surface area contributed by atoms with E-state index < -0.39 is 5.91 Å². The Hall–Kier alpha value is -3.96. The predicted octanol–water partition coefficient (Wildman–Crippen LogP) is 4.68. The predicted molar refractivity (Wildman–Crippen MR) is 160 cm³/mol. The van der Waals surface area contributed by atoms with E-state index in [0.29, 0.717) is 55.9 Å². The Labute approximate surface area is 249 Å². The molecule has 4 amide bonds. The highest BCUT2D eigenvalue weighted by Crippen LogP contribution is 2.37. The lowest BCUT2D eigenvalue weighted by atomic mass is 9.81. The van der Waals surface area contributed by atoms with E-state index in [9.17, 15) is 19.2 Å². The van der Waals surface area contributed by atoms with Gasteiger partial charge in [-0.05, 0) is 56.9 Å². The third-order valence-corrected chi connectivity index (χ3v) is 7.60. The molecule has 2 aromatic heterocycles. The van der Waals surface area contributed by atoms with E-state index in [4.69, 9.17) is 20.8 Å². The number of nitrogens with zero attached hydrogens (tertiary/aromatic N) is 3. The lowest BCUT2D eigenvalue weighted by molar-refractivity contribution is -0.135. The molecule has 42 heavy (non-hydrogen) atoms. The number of anilines is 2. The summed E-state index contributed by atoms with van der Waals surface area (Å²) in [5.41, 5.74) is 0.647. The highest BCUT2D eigenvalue weighted by atomic mass is 35.5. The van der Waals surface area contributed by atoms with Crippen molar-refractivity contribution >= 4 is 57.7 Å². The molecule has 1 aliphatic rings. The summed E-state index contributed by atoms with van der Waals surface area (Å²) in [6.07, 6.45) is 3.61. The summed E-state index contributed by atoms with van der Waals surface area (Å²) < 4.78 is 11.4. The van der Waals surface area contributed by atoms with Crippen molar-refractivity contribution in [2.45, 2.75) is 32.6 Å². The SMILES string of the molecule is CCOCCN(C)C(=O)c1cccc2oc(C(=O)Nc3ccc(Cl)cn3)c(NC(=O)[C@H]3CC[C@H](C(=O)N(C)C)CC3)c12. The minimum absolute atomic E-state index is 0.0565. The van der Waals surface area contributed by atoms with E-state index in [1.54, 1.807) is 50.3 Å². The maximum atomic E-state index is 13.6. The first-order valence-electron chi connectivity index (χ1n) is 13.9. The summed E-state index contributed by atoms with van der Waals surface area (Å²) in [6, 6.07) is 8.05. The Morgan fingerprint density at radius 2 is 1.74 bits per heavy atom. The molecule has 2 N–H and O–H groups in total. The number of ether oxygens (including phenoxy) is 1. The van der Waals surface area contributed by atoms with Gasteiger partial charge in [-0.3, -0.25) is 19.2 Å². The van der Waals surface area contributed by atoms with E-state index in [1.165, 1.54) is 17.2 Å². The van der Waals surface area contributed by atoms with Crippen LogP contribution in [0.2, 0.25) is 5.02 Å². The third-order valence-electron chi connectivity index (χ3n) is 7.38. The lowest BCUT2D eigenvalue weighted by Gasteiger charge is -2.28. The van der Waals surface area contributed by atoms with Crippen LogP contribution in [0.5, 0.6) is 0 Å². The van der Waals surface area contributed by atoms with Gasteiger partial charge in [0.25, 0.3) is 11.8 Å². The van der Waals surface area contributed by atoms with Gasteiger partial charge in [-0.1, -0.05) is 17.7 Å². The number of rotatable bonds is 10. The van der Waals surface area contributed by atoms with Crippen LogP contribution < -0.4 is 10.6 Å². The molecule has 0 spiro atoms. The van der Waals surface area contributed by atoms with Crippen molar-refractivity contribution in [2.75, 3.05) is 51.5 Å². The molecule has 11 nitrogen and oxygen atoms in total. The Bertz CT molecular complexity index is 1450. The van der Waals surface area contributed by atoms with Crippen LogP contribution in [0.4, 0.5) is 11.5 Å². The van der Waals surface area contributed by atoms with Crippen LogP contribution in [0.1, 0.15) is 53.5 Å². The number of hydrogen-bond acceptors (Lipinski definition) is 7. The molecule has 0 bridgehead atoms. The topological polar surface area (TPSA) is 134 Å². The van der Waals surface area contributed by atoms with Crippen LogP contribution >= 0.6 is 11.6 Å². The number of furan rings is 1. The van der Waals surface area contributed by atoms with Gasteiger partial charge in [-0.2, -0.15) is 0 Å². The molecule has 3 aromatic rings. The molecule has 12 heteroatoms. The molecular weight excluding hydrogens is 562 g/mol. The first-order chi connectivity index (χ1) is 20.1. The molecule has 0 unspecified atom stereocenters. The standard InChI is InChI=1S/C30H36ClN5O6/c1-5-41-16-15-36(4)30(40)21-7-6-8-22-24(21)25(26(42-22)28(38)33-23-14-13-20(31)17-32-23)34-27(37)18-9-11-19(12-10-18)29(39)35(2)3/h6-8,13-14,17-19H,5,9-12,15-16H2,1-4H3,(H,34,37)(H,32,33,38)/t18-,19-. The van der Waals surface area contributed by atoms with Crippen LogP contribution in [0.3, 0.4) is 0 Å². The van der Waals surface area contributed by atoms with Crippen LogP contribution in [0.15, 0.2) is 40.9 Å². The van der Waals surface area contributed by atoms with Crippen molar-refractivity contribution in [3.05, 3.63) is 52.9 Å². The molecule has 2 heterocycles. The summed E-state index contributed by atoms with van der Waals surface area (Å²) in [6.45, 7) is 3.13. The second kappa shape index (κ2) is 13.8. The number of aromatic nitrogens is 1. The van der Waals surface area contributed by atoms with Crippen molar-refractivity contribution in [3.63, 3.8) is 0 Å². The number of likely N-dealkylation sites (N-methyl/N-ethyl adjacent to an activating group) is 1. The summed E-state index contributed by atoms with van der Waals surface area (Å²) in [5.74, 6) is -1.64. The van der Waals surface area contributed by atoms with Crippen LogP contribution in [0.25, 0.3) is 11.0 Å². The smallest absolute Gasteiger partial charge is 0.294 e. The van der Waals surface area contributed by atoms with E-state index in [2.05, 4.69) is 15.6 Å². The van der Waals surface area contributed by atoms with E-state index in [-0.39, 0.29) is 58.0 Å². The fourth-order valence-corrected chi connectivity index (χ4v) is 5.19. The molecule has 4 rings (SSSR count). The number of pyridine rings is 1. The Morgan fingerprint density at radius 3 is 2.38 bits per heavy atom. The van der Waals surface area contributed by atoms with Crippen LogP contribution in [-0.2, 0) is 14.3 Å². The third kappa shape index (κ3) is 7.08. The van der Waals surface area contributed by atoms with Crippen molar-refractivity contribution in [1.29, 1.82) is 0 Å². The molecule has 0 atom stereocenters. The van der Waals surface area contributed by atoms with Gasteiger partial charge in [0.15, 0.2) is 0 Å². The van der Waals surface area contributed by atoms with Crippen LogP contribution in [-0.4, -0.2) is 79.3 Å². The number of fused-ring (bicyclic) bond motifs is 1. The van der Waals surface area contributed by atoms with Gasteiger partial charge in [0.05, 0.1) is 22.6 Å². The van der Waals surface area contributed by atoms with Gasteiger partial charge in [0.2, 0.25) is 17.6 Å². The number of benzene rings is 1. The van der Waals surface area contributed by atoms with Crippen molar-refractivity contribution in [3.8, 4) is 0 Å². The monoisotopic (exact) mass is 597 g/mol. The van der Waals surface area contributed by atoms with Gasteiger partial charge in [-0.15, -0.1) is 0 Å². The number of nitrogens with one attached hydrogen (secondary N) is 2. The molecule has 0 aliphatic heterocycles. The first-order valence-corrected chi connectivity index (χ1v) is 14.3. The minimum atomic E-state index is -0.653. The minimum Gasteiger partial charge on any atom is -0.449 e. The van der Waals surface area contributed by atoms with Gasteiger partial charge >= 0.3 is 0 Å². The molecule has 224 valence electrons. The molecule has 1 aliphatic carbocycles. The lowest BCUT2D eigenvalue weighted by Crippen LogP contribution is -2.35. The highest BCUT2D eigenvalue weighted by Gasteiger charge is 2.33. The fourth-order valence-electron chi connectivity index (χ4n) is 5.07. The number of carbonyl (C=O) groups is 4. The number of amides is 4. The van der Waals surface area contributed by atoms with Gasteiger partial charge in [0.1, 0.15) is 17.1 Å². The average Bonchev–Trinajstić information content (AvgIpc) is 3.36. The molecule has 1 saturated carbocycles. The zero-order chi connectivity index (χ0) is 30.4. The number of halogens is 1. The first kappa shape index (κ1) is 31.0. The van der Waals surface area contributed by atoms with Gasteiger partial charge in [0, 0.05) is 52.3 Å². The Kier molecular flexibility index (Phi) is 10.2. The molecule has 1 aromatic carbocycles. The van der Waals surface area contributed by atoms with E-state index in [0.717, 1.165) is 0 Å². The molecule has 0 saturated heterocycles. The number of carbonyl (C=O) groups excluding carboxylic acids is 4. The fraction of sp³-hybridized carbons (Fsp3) is 0.433. The average molecular weight is 598 g/mol.